The zero-order valence-corrected chi connectivity index (χ0v) is 14.4. The van der Waals surface area contributed by atoms with E-state index in [0.717, 1.165) is 6.42 Å². The number of ketones is 1. The molecule has 130 valence electrons. The van der Waals surface area contributed by atoms with Crippen molar-refractivity contribution in [2.75, 3.05) is 10.5 Å². The first-order valence-corrected chi connectivity index (χ1v) is 9.51. The van der Waals surface area contributed by atoms with Crippen molar-refractivity contribution in [2.45, 2.75) is 33.1 Å². The van der Waals surface area contributed by atoms with Crippen LogP contribution in [0.3, 0.4) is 0 Å². The van der Waals surface area contributed by atoms with E-state index in [-0.39, 0.29) is 34.2 Å². The van der Waals surface area contributed by atoms with Crippen molar-refractivity contribution in [3.05, 3.63) is 34.4 Å². The molecule has 2 atom stereocenters. The zero-order chi connectivity index (χ0) is 17.8. The number of anilines is 1. The van der Waals surface area contributed by atoms with Crippen LogP contribution in [0.5, 0.6) is 0 Å². The van der Waals surface area contributed by atoms with Crippen LogP contribution in [-0.2, 0) is 14.8 Å². The number of hydrogen-bond acceptors (Lipinski definition) is 5. The van der Waals surface area contributed by atoms with E-state index in [9.17, 15) is 23.3 Å². The molecule has 3 rings (SSSR count). The monoisotopic (exact) mass is 352 g/mol. The zero-order valence-electron chi connectivity index (χ0n) is 13.6. The SMILES string of the molecule is CC1(C)[C@H]2CC[C@@]1(CS(=O)(=O)Nc1cccc([N+](=O)[O-])c1)C(=O)C2. The van der Waals surface area contributed by atoms with Gasteiger partial charge in [0.15, 0.2) is 0 Å². The van der Waals surface area contributed by atoms with Crippen LogP contribution in [0.15, 0.2) is 24.3 Å². The lowest BCUT2D eigenvalue weighted by Crippen LogP contribution is -2.43. The average Bonchev–Trinajstić information content (AvgIpc) is 2.80. The Morgan fingerprint density at radius 2 is 2.08 bits per heavy atom. The number of sulfonamides is 1. The third-order valence-corrected chi connectivity index (χ3v) is 7.33. The maximum Gasteiger partial charge on any atom is 0.271 e. The van der Waals surface area contributed by atoms with Crippen molar-refractivity contribution in [2.24, 2.45) is 16.7 Å². The second-order valence-electron chi connectivity index (χ2n) is 7.34. The number of nitrogens with zero attached hydrogens (tertiary/aromatic N) is 1. The van der Waals surface area contributed by atoms with Crippen LogP contribution in [0.2, 0.25) is 0 Å². The van der Waals surface area contributed by atoms with Crippen LogP contribution in [0, 0.1) is 26.9 Å². The molecule has 1 N–H and O–H groups in total. The first-order chi connectivity index (χ1) is 11.1. The number of nitrogens with one attached hydrogen (secondary N) is 1. The van der Waals surface area contributed by atoms with E-state index in [1.165, 1.54) is 24.3 Å². The Bertz CT molecular complexity index is 818. The topological polar surface area (TPSA) is 106 Å². The van der Waals surface area contributed by atoms with Crippen molar-refractivity contribution < 1.29 is 18.1 Å². The number of fused-ring (bicyclic) bond motifs is 2. The standard InChI is InChI=1S/C16H20N2O5S/c1-15(2)11-6-7-16(15,14(19)8-11)10-24(22,23)17-12-4-3-5-13(9-12)18(20)21/h3-5,9,11,17H,6-8,10H2,1-2H3/t11-,16+/m0/s1. The molecule has 0 aromatic heterocycles. The molecule has 0 saturated heterocycles. The highest BCUT2D eigenvalue weighted by molar-refractivity contribution is 7.92. The number of carbonyl (C=O) groups is 1. The third-order valence-electron chi connectivity index (χ3n) is 5.91. The second kappa shape index (κ2) is 5.27. The first-order valence-electron chi connectivity index (χ1n) is 7.86. The number of carbonyl (C=O) groups excluding carboxylic acids is 1. The van der Waals surface area contributed by atoms with Crippen molar-refractivity contribution in [3.8, 4) is 0 Å². The average molecular weight is 352 g/mol. The maximum absolute atomic E-state index is 12.6. The van der Waals surface area contributed by atoms with Crippen LogP contribution < -0.4 is 4.72 Å². The minimum absolute atomic E-state index is 0.0215. The maximum atomic E-state index is 12.6. The second-order valence-corrected chi connectivity index (χ2v) is 9.06. The third kappa shape index (κ3) is 2.49. The van der Waals surface area contributed by atoms with E-state index >= 15 is 0 Å². The van der Waals surface area contributed by atoms with E-state index in [0.29, 0.717) is 12.8 Å². The summed E-state index contributed by atoms with van der Waals surface area (Å²) in [5.41, 5.74) is -1.25. The Hall–Kier alpha value is -1.96. The summed E-state index contributed by atoms with van der Waals surface area (Å²) in [4.78, 5) is 22.7. The number of hydrogen-bond donors (Lipinski definition) is 1. The number of Topliss-reactive ketones (excluding diaryl/α,β-unsaturated/α-hetero) is 1. The van der Waals surface area contributed by atoms with E-state index in [2.05, 4.69) is 4.72 Å². The number of non-ortho nitro benzene ring substituents is 1. The molecule has 0 aliphatic heterocycles. The van der Waals surface area contributed by atoms with E-state index in [1.807, 2.05) is 13.8 Å². The molecule has 24 heavy (non-hydrogen) atoms. The van der Waals surface area contributed by atoms with Gasteiger partial charge in [-0.3, -0.25) is 19.6 Å². The number of rotatable bonds is 5. The smallest absolute Gasteiger partial charge is 0.271 e. The summed E-state index contributed by atoms with van der Waals surface area (Å²) in [6, 6.07) is 5.35. The van der Waals surface area contributed by atoms with Crippen LogP contribution in [-0.4, -0.2) is 24.9 Å². The van der Waals surface area contributed by atoms with E-state index in [4.69, 9.17) is 0 Å². The Kier molecular flexibility index (Phi) is 3.71. The van der Waals surface area contributed by atoms with Gasteiger partial charge in [-0.2, -0.15) is 0 Å². The van der Waals surface area contributed by atoms with Gasteiger partial charge in [-0.1, -0.05) is 19.9 Å². The van der Waals surface area contributed by atoms with Crippen LogP contribution in [0.1, 0.15) is 33.1 Å². The fourth-order valence-electron chi connectivity index (χ4n) is 4.33. The molecular weight excluding hydrogens is 332 g/mol. The minimum atomic E-state index is -3.80. The van der Waals surface area contributed by atoms with Crippen molar-refractivity contribution in [1.82, 2.24) is 0 Å². The van der Waals surface area contributed by atoms with Crippen LogP contribution >= 0.6 is 0 Å². The van der Waals surface area contributed by atoms with Gasteiger partial charge in [0.2, 0.25) is 10.0 Å². The van der Waals surface area contributed by atoms with Gasteiger partial charge in [-0.15, -0.1) is 0 Å². The molecule has 0 amide bonds. The molecule has 2 aliphatic rings. The summed E-state index contributed by atoms with van der Waals surface area (Å²) in [6.45, 7) is 3.94. The van der Waals surface area contributed by atoms with Gasteiger partial charge < -0.3 is 0 Å². The first kappa shape index (κ1) is 16.9. The predicted molar refractivity (Wildman–Crippen MR) is 89.1 cm³/mol. The van der Waals surface area contributed by atoms with Gasteiger partial charge in [0.05, 0.1) is 21.8 Å². The van der Waals surface area contributed by atoms with E-state index in [1.54, 1.807) is 0 Å². The molecule has 2 bridgehead atoms. The largest absolute Gasteiger partial charge is 0.299 e. The van der Waals surface area contributed by atoms with Gasteiger partial charge in [0.25, 0.3) is 5.69 Å². The highest BCUT2D eigenvalue weighted by atomic mass is 32.2. The summed E-state index contributed by atoms with van der Waals surface area (Å²) in [6.07, 6.45) is 1.89. The summed E-state index contributed by atoms with van der Waals surface area (Å²) >= 11 is 0. The molecule has 2 saturated carbocycles. The fraction of sp³-hybridized carbons (Fsp3) is 0.562. The van der Waals surface area contributed by atoms with Gasteiger partial charge in [0.1, 0.15) is 5.78 Å². The van der Waals surface area contributed by atoms with Gasteiger partial charge in [-0.05, 0) is 30.2 Å². The molecule has 0 radical (unpaired) electrons. The lowest BCUT2D eigenvalue weighted by molar-refractivity contribution is -0.384. The molecule has 2 fully saturated rings. The quantitative estimate of drug-likeness (QED) is 0.648. The highest BCUT2D eigenvalue weighted by Gasteiger charge is 2.65. The molecule has 0 heterocycles. The molecular formula is C16H20N2O5S. The van der Waals surface area contributed by atoms with Gasteiger partial charge in [-0.25, -0.2) is 8.42 Å². The number of nitro benzene ring substituents is 1. The number of benzene rings is 1. The van der Waals surface area contributed by atoms with Crippen molar-refractivity contribution >= 4 is 27.2 Å². The lowest BCUT2D eigenvalue weighted by atomic mass is 9.70. The summed E-state index contributed by atoms with van der Waals surface area (Å²) < 4.78 is 27.6. The van der Waals surface area contributed by atoms with Crippen LogP contribution in [0.4, 0.5) is 11.4 Å². The lowest BCUT2D eigenvalue weighted by Gasteiger charge is -2.36. The van der Waals surface area contributed by atoms with Gasteiger partial charge >= 0.3 is 0 Å². The Morgan fingerprint density at radius 1 is 1.38 bits per heavy atom. The van der Waals surface area contributed by atoms with Crippen molar-refractivity contribution in [3.63, 3.8) is 0 Å². The molecule has 1 aromatic rings. The Balaban J connectivity index is 1.86. The Labute approximate surface area is 140 Å². The van der Waals surface area contributed by atoms with Gasteiger partial charge in [0, 0.05) is 18.6 Å². The molecule has 0 unspecified atom stereocenters. The Morgan fingerprint density at radius 3 is 2.62 bits per heavy atom. The predicted octanol–water partition coefficient (Wildman–Crippen LogP) is 2.73. The molecule has 8 heteroatoms. The van der Waals surface area contributed by atoms with Crippen molar-refractivity contribution in [1.29, 1.82) is 0 Å². The van der Waals surface area contributed by atoms with E-state index < -0.39 is 20.4 Å². The summed E-state index contributed by atoms with van der Waals surface area (Å²) in [7, 11) is -3.80. The normalized spacial score (nSPS) is 28.1. The minimum Gasteiger partial charge on any atom is -0.299 e. The fourth-order valence-corrected chi connectivity index (χ4v) is 6.22. The molecule has 1 aromatic carbocycles. The molecule has 0 spiro atoms. The van der Waals surface area contributed by atoms with Crippen LogP contribution in [0.25, 0.3) is 0 Å². The summed E-state index contributed by atoms with van der Waals surface area (Å²) in [5, 5.41) is 10.8. The summed E-state index contributed by atoms with van der Waals surface area (Å²) in [5.74, 6) is -0.0171. The molecule has 7 nitrogen and oxygen atoms in total. The number of nitro groups is 1. The molecule has 2 aliphatic carbocycles. The highest BCUT2D eigenvalue weighted by Crippen LogP contribution is 2.64.